The number of aliphatic hydroxyl groups is 2. The van der Waals surface area contributed by atoms with E-state index in [2.05, 4.69) is 4.52 Å². The molecule has 0 saturated heterocycles. The molecule has 178 valence electrons. The minimum atomic E-state index is -4.93. The lowest BCUT2D eigenvalue weighted by Gasteiger charge is -2.62. The molecular formula is C22H30FO8P. The van der Waals surface area contributed by atoms with Gasteiger partial charge in [0, 0.05) is 16.7 Å². The smallest absolute Gasteiger partial charge is 0.390 e. The van der Waals surface area contributed by atoms with Gasteiger partial charge in [-0.15, -0.1) is 0 Å². The summed E-state index contributed by atoms with van der Waals surface area (Å²) in [5.41, 5.74) is -5.88. The fourth-order valence-corrected chi connectivity index (χ4v) is 7.68. The standard InChI is InChI=1S/C22H30FO8P/c1-12-8-16-15-5-4-13-9-14(24)6-7-19(13,2)21(15,23)17(25)10-20(16,3)22(12,27)18(26)11-31-32(28,29)30/h6-7,9,12,15-17,25,27H,4-5,8,10-11H2,1-3H3,(H2,28,29,30)/t12-,15?,16?,17?,19-,20-,21-,22-/m0/s1. The van der Waals surface area contributed by atoms with E-state index in [1.165, 1.54) is 18.2 Å². The zero-order valence-electron chi connectivity index (χ0n) is 18.3. The van der Waals surface area contributed by atoms with Crippen LogP contribution in [0.2, 0.25) is 0 Å². The molecule has 0 radical (unpaired) electrons. The third kappa shape index (κ3) is 2.95. The molecule has 8 nitrogen and oxygen atoms in total. The Morgan fingerprint density at radius 3 is 2.59 bits per heavy atom. The highest BCUT2D eigenvalue weighted by Crippen LogP contribution is 2.70. The number of aliphatic hydroxyl groups excluding tert-OH is 1. The van der Waals surface area contributed by atoms with E-state index in [-0.39, 0.29) is 12.2 Å². The predicted molar refractivity (Wildman–Crippen MR) is 111 cm³/mol. The summed E-state index contributed by atoms with van der Waals surface area (Å²) < 4.78 is 32.5. The van der Waals surface area contributed by atoms with Crippen molar-refractivity contribution in [3.8, 4) is 0 Å². The van der Waals surface area contributed by atoms with Crippen LogP contribution < -0.4 is 0 Å². The molecule has 3 fully saturated rings. The molecule has 0 aromatic carbocycles. The van der Waals surface area contributed by atoms with Gasteiger partial charge in [-0.3, -0.25) is 14.1 Å². The first-order valence-corrected chi connectivity index (χ1v) is 12.4. The molecule has 0 spiro atoms. The van der Waals surface area contributed by atoms with Gasteiger partial charge in [0.25, 0.3) is 0 Å². The number of Topliss-reactive ketones (excluding diaryl/α,β-unsaturated/α-hetero) is 1. The molecule has 32 heavy (non-hydrogen) atoms. The maximum absolute atomic E-state index is 17.0. The fraction of sp³-hybridized carbons (Fsp3) is 0.727. The monoisotopic (exact) mass is 472 g/mol. The van der Waals surface area contributed by atoms with E-state index in [0.717, 1.165) is 0 Å². The van der Waals surface area contributed by atoms with Gasteiger partial charge in [0.15, 0.2) is 17.2 Å². The van der Waals surface area contributed by atoms with Gasteiger partial charge in [0.1, 0.15) is 12.2 Å². The number of carbonyl (C=O) groups is 2. The average Bonchev–Trinajstić information content (AvgIpc) is 2.89. The Kier molecular flexibility index (Phi) is 5.34. The second-order valence-corrected chi connectivity index (χ2v) is 11.6. The Bertz CT molecular complexity index is 973. The molecule has 0 amide bonds. The zero-order valence-corrected chi connectivity index (χ0v) is 19.2. The third-order valence-corrected chi connectivity index (χ3v) is 9.48. The van der Waals surface area contributed by atoms with Crippen LogP contribution in [-0.4, -0.2) is 55.5 Å². The van der Waals surface area contributed by atoms with Gasteiger partial charge >= 0.3 is 7.82 Å². The van der Waals surface area contributed by atoms with Crippen LogP contribution in [0.5, 0.6) is 0 Å². The molecule has 4 N–H and O–H groups in total. The van der Waals surface area contributed by atoms with Crippen molar-refractivity contribution < 1.29 is 43.1 Å². The highest BCUT2D eigenvalue weighted by atomic mass is 31.2. The molecule has 0 heterocycles. The van der Waals surface area contributed by atoms with Crippen LogP contribution in [0, 0.1) is 28.6 Å². The number of carbonyl (C=O) groups excluding carboxylic acids is 2. The van der Waals surface area contributed by atoms with E-state index in [1.807, 2.05) is 0 Å². The van der Waals surface area contributed by atoms with Crippen molar-refractivity contribution in [3.05, 3.63) is 23.8 Å². The lowest BCUT2D eigenvalue weighted by molar-refractivity contribution is -0.219. The van der Waals surface area contributed by atoms with Crippen LogP contribution in [0.15, 0.2) is 23.8 Å². The van der Waals surface area contributed by atoms with Crippen LogP contribution in [0.4, 0.5) is 4.39 Å². The van der Waals surface area contributed by atoms with E-state index < -0.39 is 66.2 Å². The van der Waals surface area contributed by atoms with E-state index in [1.54, 1.807) is 20.8 Å². The Hall–Kier alpha value is -1.22. The molecule has 8 atom stereocenters. The maximum Gasteiger partial charge on any atom is 0.470 e. The van der Waals surface area contributed by atoms with Crippen molar-refractivity contribution in [1.29, 1.82) is 0 Å². The number of hydrogen-bond acceptors (Lipinski definition) is 6. The number of phosphoric acid groups is 1. The fourth-order valence-electron chi connectivity index (χ4n) is 7.39. The lowest BCUT2D eigenvalue weighted by atomic mass is 9.44. The molecular weight excluding hydrogens is 442 g/mol. The molecule has 0 aliphatic heterocycles. The van der Waals surface area contributed by atoms with Crippen molar-refractivity contribution >= 4 is 19.4 Å². The van der Waals surface area contributed by atoms with Gasteiger partial charge in [0.2, 0.25) is 0 Å². The second-order valence-electron chi connectivity index (χ2n) is 10.4. The molecule has 4 rings (SSSR count). The first-order chi connectivity index (χ1) is 14.6. The number of alkyl halides is 1. The Labute approximate surface area is 185 Å². The van der Waals surface area contributed by atoms with E-state index >= 15 is 4.39 Å². The quantitative estimate of drug-likeness (QED) is 0.456. The number of hydrogen-bond donors (Lipinski definition) is 4. The summed E-state index contributed by atoms with van der Waals surface area (Å²) in [4.78, 5) is 42.8. The third-order valence-electron chi connectivity index (χ3n) is 9.01. The number of allylic oxidation sites excluding steroid dienone is 4. The number of ketones is 2. The van der Waals surface area contributed by atoms with Gasteiger partial charge in [-0.25, -0.2) is 8.96 Å². The van der Waals surface area contributed by atoms with Crippen molar-refractivity contribution in [2.24, 2.45) is 28.6 Å². The SMILES string of the molecule is C[C@H]1CC2C3CCC4=CC(=O)C=C[C@]4(C)[C@@]3(F)C(O)C[C@]2(C)[C@@]1(O)C(=O)COP(=O)(O)O. The Morgan fingerprint density at radius 1 is 1.31 bits per heavy atom. The molecule has 10 heteroatoms. The summed E-state index contributed by atoms with van der Waals surface area (Å²) in [7, 11) is -4.93. The van der Waals surface area contributed by atoms with Crippen LogP contribution in [-0.2, 0) is 18.7 Å². The minimum Gasteiger partial charge on any atom is -0.390 e. The molecule has 3 saturated carbocycles. The van der Waals surface area contributed by atoms with Crippen LogP contribution in [0.1, 0.15) is 46.5 Å². The summed E-state index contributed by atoms with van der Waals surface area (Å²) in [6.45, 7) is 4.00. The molecule has 0 bridgehead atoms. The van der Waals surface area contributed by atoms with E-state index in [9.17, 15) is 24.4 Å². The number of fused-ring (bicyclic) bond motifs is 5. The molecule has 0 aromatic rings. The highest BCUT2D eigenvalue weighted by Gasteiger charge is 2.75. The van der Waals surface area contributed by atoms with E-state index in [0.29, 0.717) is 24.8 Å². The summed E-state index contributed by atoms with van der Waals surface area (Å²) in [5, 5.41) is 22.8. The lowest BCUT2D eigenvalue weighted by Crippen LogP contribution is -2.69. The van der Waals surface area contributed by atoms with E-state index in [4.69, 9.17) is 9.79 Å². The minimum absolute atomic E-state index is 0.211. The summed E-state index contributed by atoms with van der Waals surface area (Å²) in [5.74, 6) is -2.87. The van der Waals surface area contributed by atoms with Gasteiger partial charge in [-0.05, 0) is 56.6 Å². The summed E-state index contributed by atoms with van der Waals surface area (Å²) in [6.07, 6.45) is 3.70. The van der Waals surface area contributed by atoms with Crippen LogP contribution >= 0.6 is 7.82 Å². The Morgan fingerprint density at radius 2 is 1.97 bits per heavy atom. The van der Waals surface area contributed by atoms with Gasteiger partial charge in [0.05, 0.1) is 6.10 Å². The van der Waals surface area contributed by atoms with Crippen molar-refractivity contribution in [2.75, 3.05) is 6.61 Å². The molecule has 3 unspecified atom stereocenters. The number of phosphoric ester groups is 1. The predicted octanol–water partition coefficient (Wildman–Crippen LogP) is 2.01. The first-order valence-electron chi connectivity index (χ1n) is 10.9. The summed E-state index contributed by atoms with van der Waals surface area (Å²) in [6, 6.07) is 0. The van der Waals surface area contributed by atoms with Crippen molar-refractivity contribution in [3.63, 3.8) is 0 Å². The van der Waals surface area contributed by atoms with Crippen LogP contribution in [0.25, 0.3) is 0 Å². The van der Waals surface area contributed by atoms with Crippen LogP contribution in [0.3, 0.4) is 0 Å². The number of rotatable bonds is 4. The van der Waals surface area contributed by atoms with Gasteiger partial charge < -0.3 is 20.0 Å². The van der Waals surface area contributed by atoms with Crippen molar-refractivity contribution in [1.82, 2.24) is 0 Å². The maximum atomic E-state index is 17.0. The molecule has 0 aromatic heterocycles. The average molecular weight is 472 g/mol. The van der Waals surface area contributed by atoms with Crippen molar-refractivity contribution in [2.45, 2.75) is 63.8 Å². The van der Waals surface area contributed by atoms with Gasteiger partial charge in [-0.2, -0.15) is 0 Å². The topological polar surface area (TPSA) is 141 Å². The zero-order chi connectivity index (χ0) is 23.9. The van der Waals surface area contributed by atoms with Gasteiger partial charge in [-0.1, -0.05) is 25.5 Å². The second kappa shape index (κ2) is 7.14. The Balaban J connectivity index is 1.74. The summed E-state index contributed by atoms with van der Waals surface area (Å²) >= 11 is 0. The highest BCUT2D eigenvalue weighted by molar-refractivity contribution is 7.46. The molecule has 4 aliphatic carbocycles. The molecule has 4 aliphatic rings. The normalized spacial score (nSPS) is 48.0. The first kappa shape index (κ1) is 23.9. The largest absolute Gasteiger partial charge is 0.470 e. The number of halogens is 1.